The van der Waals surface area contributed by atoms with Gasteiger partial charge in [-0.05, 0) is 33.7 Å². The quantitative estimate of drug-likeness (QED) is 0.213. The Bertz CT molecular complexity index is 1430. The second-order valence-electron chi connectivity index (χ2n) is 11.8. The van der Waals surface area contributed by atoms with Crippen LogP contribution in [0, 0.1) is 0 Å². The topological polar surface area (TPSA) is 20.2 Å². The summed E-state index contributed by atoms with van der Waals surface area (Å²) in [4.78, 5) is 0. The van der Waals surface area contributed by atoms with E-state index in [2.05, 4.69) is 116 Å². The number of hydrogen-bond acceptors (Lipinski definition) is 1. The summed E-state index contributed by atoms with van der Waals surface area (Å²) >= 11 is 2.27. The van der Waals surface area contributed by atoms with Crippen molar-refractivity contribution < 1.29 is 49.1 Å². The first-order valence-corrected chi connectivity index (χ1v) is 17.4. The minimum absolute atomic E-state index is 0. The van der Waals surface area contributed by atoms with Crippen molar-refractivity contribution in [3.05, 3.63) is 96.1 Å². The number of phenolic OH excluding ortho intramolecular Hbond substituents is 1. The number of phenols is 1. The van der Waals surface area contributed by atoms with E-state index >= 15 is 0 Å². The first kappa shape index (κ1) is 34.3. The standard InChI is InChI=1S/C21H25.C10H8O.C2H6Si.2ClH.Ti/c1-20(2,3)16-9-7-14-11-15-8-10-17(21(4,5)6)13-19(15)18(14)12-16;11-10-6-5-8-3-1-2-4-9(8)7-10;1-3-2;;;/h7-13H,1-6H3;1-7,11H;1-2H3;2*1H;/q-1;;;;;+2/p-2. The van der Waals surface area contributed by atoms with Crippen LogP contribution in [0.1, 0.15) is 52.7 Å². The zero-order valence-corrected chi connectivity index (χ0v) is 27.9. The molecule has 0 heterocycles. The van der Waals surface area contributed by atoms with Gasteiger partial charge in [-0.2, -0.15) is 0 Å². The van der Waals surface area contributed by atoms with Gasteiger partial charge in [0, 0.05) is 0 Å². The Labute approximate surface area is 253 Å². The molecule has 5 heteroatoms. The Kier molecular flexibility index (Phi) is 12.7. The van der Waals surface area contributed by atoms with Gasteiger partial charge in [-0.1, -0.05) is 107 Å². The van der Waals surface area contributed by atoms with E-state index in [1.54, 1.807) is 12.1 Å². The SMILES string of the molecule is CC(C)(C)c1ccc2[cH-]c3ccc(C(C)(C)C)cc3c2c1.C[Si](C)=[Ti+2].Oc1ccc2ccccc2c1.[Cl-].[Cl-]. The fourth-order valence-electron chi connectivity index (χ4n) is 4.11. The second kappa shape index (κ2) is 14.1. The molecule has 0 spiro atoms. The van der Waals surface area contributed by atoms with Crippen LogP contribution in [-0.2, 0) is 30.0 Å². The largest absolute Gasteiger partial charge is 1.00 e. The summed E-state index contributed by atoms with van der Waals surface area (Å²) in [6.45, 7) is 18.2. The van der Waals surface area contributed by atoms with Gasteiger partial charge in [0.15, 0.2) is 0 Å². The molecule has 0 amide bonds. The second-order valence-corrected chi connectivity index (χ2v) is 18.5. The van der Waals surface area contributed by atoms with Crippen molar-refractivity contribution in [3.63, 3.8) is 0 Å². The van der Waals surface area contributed by atoms with E-state index in [0.717, 1.165) is 10.8 Å². The van der Waals surface area contributed by atoms with Crippen molar-refractivity contribution in [2.45, 2.75) is 65.5 Å². The third-order valence-electron chi connectivity index (χ3n) is 6.17. The van der Waals surface area contributed by atoms with Gasteiger partial charge in [0.05, 0.1) is 0 Å². The van der Waals surface area contributed by atoms with Gasteiger partial charge in [0.25, 0.3) is 0 Å². The Morgan fingerprint density at radius 3 is 1.47 bits per heavy atom. The van der Waals surface area contributed by atoms with E-state index in [-0.39, 0.29) is 41.8 Å². The van der Waals surface area contributed by atoms with E-state index < -0.39 is 0 Å². The summed E-state index contributed by atoms with van der Waals surface area (Å²) in [5.41, 5.74) is 3.20. The molecule has 0 unspecified atom stereocenters. The first-order valence-electron chi connectivity index (χ1n) is 12.6. The number of benzene rings is 4. The molecule has 5 aromatic rings. The van der Waals surface area contributed by atoms with Crippen LogP contribution in [0.15, 0.2) is 84.9 Å². The van der Waals surface area contributed by atoms with E-state index in [4.69, 9.17) is 5.11 Å². The molecule has 0 saturated heterocycles. The van der Waals surface area contributed by atoms with Crippen molar-refractivity contribution in [1.29, 1.82) is 0 Å². The van der Waals surface area contributed by atoms with Gasteiger partial charge in [-0.3, -0.25) is 0 Å². The van der Waals surface area contributed by atoms with Crippen LogP contribution < -0.4 is 24.8 Å². The maximum atomic E-state index is 9.13. The first-order chi connectivity index (χ1) is 16.8. The van der Waals surface area contributed by atoms with Gasteiger partial charge in [0.1, 0.15) is 5.75 Å². The molecule has 5 aromatic carbocycles. The predicted molar refractivity (Wildman–Crippen MR) is 158 cm³/mol. The summed E-state index contributed by atoms with van der Waals surface area (Å²) in [5.74, 6) is 0.323. The normalized spacial score (nSPS) is 11.0. The fraction of sp³-hybridized carbons (Fsp3) is 0.303. The number of aromatic hydroxyl groups is 1. The summed E-state index contributed by atoms with van der Waals surface area (Å²) < 4.78 is 0. The van der Waals surface area contributed by atoms with Crippen molar-refractivity contribution >= 4 is 38.5 Å². The zero-order valence-electron chi connectivity index (χ0n) is 23.8. The molecule has 38 heavy (non-hydrogen) atoms. The molecule has 0 saturated carbocycles. The van der Waals surface area contributed by atoms with E-state index in [1.807, 2.05) is 30.3 Å². The van der Waals surface area contributed by atoms with Crippen molar-refractivity contribution in [2.24, 2.45) is 0 Å². The van der Waals surface area contributed by atoms with Crippen molar-refractivity contribution in [1.82, 2.24) is 0 Å². The third kappa shape index (κ3) is 9.21. The van der Waals surface area contributed by atoms with E-state index in [1.165, 1.54) is 32.7 Å². The summed E-state index contributed by atoms with van der Waals surface area (Å²) in [6, 6.07) is 29.5. The third-order valence-corrected chi connectivity index (χ3v) is 6.17. The van der Waals surface area contributed by atoms with Crippen LogP contribution in [0.3, 0.4) is 0 Å². The molecule has 1 nitrogen and oxygen atoms in total. The minimum Gasteiger partial charge on any atom is -1.00 e. The number of rotatable bonds is 0. The van der Waals surface area contributed by atoms with Crippen LogP contribution in [0.4, 0.5) is 0 Å². The zero-order chi connectivity index (χ0) is 26.7. The molecule has 0 aliphatic heterocycles. The van der Waals surface area contributed by atoms with E-state index in [9.17, 15) is 0 Å². The Balaban J connectivity index is 0.000000358. The van der Waals surface area contributed by atoms with Gasteiger partial charge < -0.3 is 29.9 Å². The Morgan fingerprint density at radius 2 is 1.05 bits per heavy atom. The monoisotopic (exact) mass is 597 g/mol. The fourth-order valence-corrected chi connectivity index (χ4v) is 4.11. The molecule has 0 bridgehead atoms. The van der Waals surface area contributed by atoms with Crippen LogP contribution in [-0.4, -0.2) is 11.3 Å². The molecule has 0 aliphatic rings. The summed E-state index contributed by atoms with van der Waals surface area (Å²) in [7, 11) is 0. The van der Waals surface area contributed by atoms with Gasteiger partial charge >= 0.3 is 38.5 Å². The average molecular weight is 599 g/mol. The van der Waals surface area contributed by atoms with E-state index in [0.29, 0.717) is 5.75 Å². The molecule has 0 aromatic heterocycles. The van der Waals surface area contributed by atoms with Crippen molar-refractivity contribution in [3.8, 4) is 5.75 Å². The van der Waals surface area contributed by atoms with Crippen LogP contribution in [0.2, 0.25) is 13.1 Å². The van der Waals surface area contributed by atoms with Crippen molar-refractivity contribution in [2.75, 3.05) is 0 Å². The number of halogens is 2. The molecule has 5 rings (SSSR count). The van der Waals surface area contributed by atoms with Crippen LogP contribution in [0.5, 0.6) is 5.75 Å². The molecule has 0 radical (unpaired) electrons. The minimum atomic E-state index is 0. The summed E-state index contributed by atoms with van der Waals surface area (Å²) in [6.07, 6.45) is 0.120. The Hall–Kier alpha value is -1.68. The smallest absolute Gasteiger partial charge is 0.116 e. The molecular formula is C33H39Cl2OSiTi-. The molecule has 0 atom stereocenters. The predicted octanol–water partition coefficient (Wildman–Crippen LogP) is 3.64. The number of hydrogen-bond donors (Lipinski definition) is 1. The number of fused-ring (bicyclic) bond motifs is 4. The van der Waals surface area contributed by atoms with Crippen LogP contribution in [0.25, 0.3) is 32.3 Å². The molecule has 0 fully saturated rings. The average Bonchev–Trinajstić information content (AvgIpc) is 3.15. The maximum absolute atomic E-state index is 9.13. The van der Waals surface area contributed by atoms with Crippen LogP contribution >= 0.6 is 0 Å². The molecular weight excluding hydrogens is 559 g/mol. The maximum Gasteiger partial charge on any atom is 0.116 e. The van der Waals surface area contributed by atoms with Gasteiger partial charge in [0.2, 0.25) is 0 Å². The van der Waals surface area contributed by atoms with Gasteiger partial charge in [-0.15, -0.1) is 39.7 Å². The summed E-state index contributed by atoms with van der Waals surface area (Å²) in [5, 5.41) is 16.9. The molecule has 0 aliphatic carbocycles. The Morgan fingerprint density at radius 1 is 0.632 bits per heavy atom. The van der Waals surface area contributed by atoms with Gasteiger partial charge in [-0.25, -0.2) is 0 Å². The molecule has 200 valence electrons. The molecule has 1 N–H and O–H groups in total.